The lowest BCUT2D eigenvalue weighted by molar-refractivity contribution is -0.119. The summed E-state index contributed by atoms with van der Waals surface area (Å²) in [5.41, 5.74) is 1.43. The number of nitrogens with one attached hydrogen (secondary N) is 1. The summed E-state index contributed by atoms with van der Waals surface area (Å²) in [5.74, 6) is 0.211. The van der Waals surface area contributed by atoms with Crippen LogP contribution in [-0.4, -0.2) is 47.4 Å². The van der Waals surface area contributed by atoms with E-state index in [2.05, 4.69) is 5.32 Å². The fourth-order valence-corrected chi connectivity index (χ4v) is 3.18. The van der Waals surface area contributed by atoms with E-state index in [0.29, 0.717) is 31.2 Å². The third-order valence-corrected chi connectivity index (χ3v) is 4.83. The lowest BCUT2D eigenvalue weighted by Gasteiger charge is -2.22. The summed E-state index contributed by atoms with van der Waals surface area (Å²) in [6, 6.07) is 16.3. The van der Waals surface area contributed by atoms with E-state index < -0.39 is 15.9 Å². The number of amides is 1. The molecule has 8 heteroatoms. The standard InChI is InChI=1S/C19H24N2O5S/c1-25-13-12-20-19(22)14-21(27(2,23)24)17-8-10-18(11-9-17)26-15-16-6-4-3-5-7-16/h3-11H,12-15H2,1-2H3,(H,20,22). The Balaban J connectivity index is 2.02. The van der Waals surface area contributed by atoms with Gasteiger partial charge in [0.05, 0.1) is 18.6 Å². The van der Waals surface area contributed by atoms with Crippen LogP contribution in [-0.2, 0) is 26.2 Å². The Morgan fingerprint density at radius 1 is 1.07 bits per heavy atom. The molecule has 1 N–H and O–H groups in total. The summed E-state index contributed by atoms with van der Waals surface area (Å²) < 4.78 is 35.8. The molecule has 146 valence electrons. The number of rotatable bonds is 10. The number of nitrogens with zero attached hydrogens (tertiary/aromatic N) is 1. The highest BCUT2D eigenvalue weighted by molar-refractivity contribution is 7.92. The van der Waals surface area contributed by atoms with Crippen molar-refractivity contribution in [3.63, 3.8) is 0 Å². The smallest absolute Gasteiger partial charge is 0.240 e. The van der Waals surface area contributed by atoms with Crippen molar-refractivity contribution in [1.29, 1.82) is 0 Å². The molecule has 0 saturated carbocycles. The lowest BCUT2D eigenvalue weighted by atomic mass is 10.2. The molecule has 0 aliphatic carbocycles. The highest BCUT2D eigenvalue weighted by Crippen LogP contribution is 2.22. The van der Waals surface area contributed by atoms with Crippen molar-refractivity contribution < 1.29 is 22.7 Å². The molecule has 2 aromatic carbocycles. The molecule has 0 saturated heterocycles. The number of methoxy groups -OCH3 is 1. The fourth-order valence-electron chi connectivity index (χ4n) is 2.33. The van der Waals surface area contributed by atoms with Crippen LogP contribution < -0.4 is 14.4 Å². The van der Waals surface area contributed by atoms with Crippen molar-refractivity contribution in [2.24, 2.45) is 0 Å². The summed E-state index contributed by atoms with van der Waals surface area (Å²) in [4.78, 5) is 12.0. The number of sulfonamides is 1. The van der Waals surface area contributed by atoms with Crippen LogP contribution in [0.4, 0.5) is 5.69 Å². The van der Waals surface area contributed by atoms with Crippen LogP contribution >= 0.6 is 0 Å². The Kier molecular flexibility index (Phi) is 7.63. The minimum absolute atomic E-state index is 0.299. The zero-order chi connectivity index (χ0) is 19.7. The molecule has 2 rings (SSSR count). The van der Waals surface area contributed by atoms with Gasteiger partial charge in [-0.25, -0.2) is 8.42 Å². The molecule has 0 atom stereocenters. The minimum atomic E-state index is -3.61. The van der Waals surface area contributed by atoms with Crippen molar-refractivity contribution in [2.45, 2.75) is 6.61 Å². The van der Waals surface area contributed by atoms with Gasteiger partial charge in [0.25, 0.3) is 0 Å². The Bertz CT molecular complexity index is 823. The van der Waals surface area contributed by atoms with Crippen molar-refractivity contribution in [3.8, 4) is 5.75 Å². The van der Waals surface area contributed by atoms with Gasteiger partial charge in [-0.1, -0.05) is 30.3 Å². The molecule has 0 unspecified atom stereocenters. The number of anilines is 1. The van der Waals surface area contributed by atoms with Crippen LogP contribution in [0.2, 0.25) is 0 Å². The lowest BCUT2D eigenvalue weighted by Crippen LogP contribution is -2.41. The summed E-state index contributed by atoms with van der Waals surface area (Å²) in [7, 11) is -2.09. The summed E-state index contributed by atoms with van der Waals surface area (Å²) >= 11 is 0. The van der Waals surface area contributed by atoms with Crippen molar-refractivity contribution in [1.82, 2.24) is 5.32 Å². The van der Waals surface area contributed by atoms with E-state index in [1.54, 1.807) is 24.3 Å². The Morgan fingerprint density at radius 2 is 1.74 bits per heavy atom. The van der Waals surface area contributed by atoms with Crippen LogP contribution in [0.5, 0.6) is 5.75 Å². The number of carbonyl (C=O) groups is 1. The third-order valence-electron chi connectivity index (χ3n) is 3.69. The predicted octanol–water partition coefficient (Wildman–Crippen LogP) is 1.79. The van der Waals surface area contributed by atoms with Crippen LogP contribution in [0.1, 0.15) is 5.56 Å². The van der Waals surface area contributed by atoms with Gasteiger partial charge >= 0.3 is 0 Å². The van der Waals surface area contributed by atoms with Crippen LogP contribution in [0, 0.1) is 0 Å². The molecule has 0 aliphatic rings. The zero-order valence-electron chi connectivity index (χ0n) is 15.4. The monoisotopic (exact) mass is 392 g/mol. The van der Waals surface area contributed by atoms with Gasteiger partial charge in [-0.3, -0.25) is 9.10 Å². The predicted molar refractivity (Wildman–Crippen MR) is 104 cm³/mol. The fraction of sp³-hybridized carbons (Fsp3) is 0.316. The molecule has 27 heavy (non-hydrogen) atoms. The van der Waals surface area contributed by atoms with Gasteiger partial charge < -0.3 is 14.8 Å². The summed E-state index contributed by atoms with van der Waals surface area (Å²) in [5, 5.41) is 2.61. The molecule has 0 radical (unpaired) electrons. The maximum absolute atomic E-state index is 12.1. The van der Waals surface area contributed by atoms with Crippen molar-refractivity contribution in [2.75, 3.05) is 37.4 Å². The summed E-state index contributed by atoms with van der Waals surface area (Å²) in [6.45, 7) is 0.794. The molecular weight excluding hydrogens is 368 g/mol. The SMILES string of the molecule is COCCNC(=O)CN(c1ccc(OCc2ccccc2)cc1)S(C)(=O)=O. The van der Waals surface area contributed by atoms with Gasteiger partial charge in [-0.15, -0.1) is 0 Å². The maximum Gasteiger partial charge on any atom is 0.240 e. The van der Waals surface area contributed by atoms with E-state index in [0.717, 1.165) is 16.1 Å². The van der Waals surface area contributed by atoms with Gasteiger partial charge in [0.1, 0.15) is 18.9 Å². The van der Waals surface area contributed by atoms with Crippen molar-refractivity contribution >= 4 is 21.6 Å². The van der Waals surface area contributed by atoms with Gasteiger partial charge in [-0.2, -0.15) is 0 Å². The largest absolute Gasteiger partial charge is 0.489 e. The second kappa shape index (κ2) is 9.94. The first-order valence-corrected chi connectivity index (χ1v) is 10.2. The Hall–Kier alpha value is -2.58. The third kappa shape index (κ3) is 6.92. The molecule has 0 bridgehead atoms. The first-order valence-electron chi connectivity index (χ1n) is 8.40. The zero-order valence-corrected chi connectivity index (χ0v) is 16.2. The van der Waals surface area contributed by atoms with Crippen LogP contribution in [0.25, 0.3) is 0 Å². The second-order valence-corrected chi connectivity index (χ2v) is 7.79. The topological polar surface area (TPSA) is 84.9 Å². The van der Waals surface area contributed by atoms with Crippen LogP contribution in [0.15, 0.2) is 54.6 Å². The maximum atomic E-state index is 12.1. The number of ether oxygens (including phenoxy) is 2. The van der Waals surface area contributed by atoms with E-state index in [1.807, 2.05) is 30.3 Å². The number of hydrogen-bond donors (Lipinski definition) is 1. The van der Waals surface area contributed by atoms with Crippen molar-refractivity contribution in [3.05, 3.63) is 60.2 Å². The van der Waals surface area contributed by atoms with E-state index in [9.17, 15) is 13.2 Å². The normalized spacial score (nSPS) is 11.0. The van der Waals surface area contributed by atoms with E-state index in [1.165, 1.54) is 7.11 Å². The van der Waals surface area contributed by atoms with Gasteiger partial charge in [0.2, 0.25) is 15.9 Å². The Labute approximate surface area is 160 Å². The second-order valence-electron chi connectivity index (χ2n) is 5.88. The molecule has 0 fully saturated rings. The minimum Gasteiger partial charge on any atom is -0.489 e. The molecule has 0 spiro atoms. The molecule has 7 nitrogen and oxygen atoms in total. The highest BCUT2D eigenvalue weighted by atomic mass is 32.2. The van der Waals surface area contributed by atoms with Gasteiger partial charge in [-0.05, 0) is 29.8 Å². The number of hydrogen-bond acceptors (Lipinski definition) is 5. The van der Waals surface area contributed by atoms with Gasteiger partial charge in [0, 0.05) is 13.7 Å². The van der Waals surface area contributed by atoms with E-state index in [4.69, 9.17) is 9.47 Å². The molecule has 0 aliphatic heterocycles. The molecule has 0 heterocycles. The van der Waals surface area contributed by atoms with E-state index >= 15 is 0 Å². The number of carbonyl (C=O) groups excluding carboxylic acids is 1. The molecule has 2 aromatic rings. The first kappa shape index (κ1) is 20.7. The van der Waals surface area contributed by atoms with Gasteiger partial charge in [0.15, 0.2) is 0 Å². The Morgan fingerprint density at radius 3 is 2.33 bits per heavy atom. The molecule has 0 aromatic heterocycles. The average Bonchev–Trinajstić information content (AvgIpc) is 2.65. The first-order chi connectivity index (χ1) is 12.9. The quantitative estimate of drug-likeness (QED) is 0.623. The van der Waals surface area contributed by atoms with Crippen LogP contribution in [0.3, 0.4) is 0 Å². The number of benzene rings is 2. The summed E-state index contributed by atoms with van der Waals surface area (Å²) in [6.07, 6.45) is 1.06. The molecular formula is C19H24N2O5S. The highest BCUT2D eigenvalue weighted by Gasteiger charge is 2.20. The van der Waals surface area contributed by atoms with E-state index in [-0.39, 0.29) is 6.54 Å². The molecule has 1 amide bonds. The average molecular weight is 392 g/mol.